The van der Waals surface area contributed by atoms with Gasteiger partial charge in [0.1, 0.15) is 5.82 Å². The molecule has 0 amide bonds. The second-order valence-electron chi connectivity index (χ2n) is 7.04. The van der Waals surface area contributed by atoms with Gasteiger partial charge in [-0.1, -0.05) is 29.8 Å². The molecule has 160 valence electrons. The molecule has 0 spiro atoms. The van der Waals surface area contributed by atoms with Crippen molar-refractivity contribution in [1.29, 1.82) is 0 Å². The van der Waals surface area contributed by atoms with E-state index in [4.69, 9.17) is 21.1 Å². The summed E-state index contributed by atoms with van der Waals surface area (Å²) in [6.45, 7) is 3.81. The third-order valence-electron chi connectivity index (χ3n) is 4.74. The molecule has 0 unspecified atom stereocenters. The lowest BCUT2D eigenvalue weighted by molar-refractivity contribution is 0.122. The van der Waals surface area contributed by atoms with Crippen LogP contribution in [0.15, 0.2) is 59.7 Å². The molecule has 3 aromatic rings. The van der Waals surface area contributed by atoms with E-state index in [1.165, 1.54) is 0 Å². The molecule has 1 fully saturated rings. The first kappa shape index (κ1) is 21.2. The van der Waals surface area contributed by atoms with E-state index in [-0.39, 0.29) is 0 Å². The molecule has 0 saturated carbocycles. The molecule has 3 heterocycles. The minimum atomic E-state index is 0.355. The van der Waals surface area contributed by atoms with Crippen molar-refractivity contribution in [3.63, 3.8) is 0 Å². The van der Waals surface area contributed by atoms with Crippen LogP contribution in [-0.2, 0) is 17.7 Å². The number of aromatic nitrogens is 3. The van der Waals surface area contributed by atoms with E-state index in [0.717, 1.165) is 35.9 Å². The Morgan fingerprint density at radius 3 is 2.77 bits per heavy atom. The second-order valence-corrected chi connectivity index (χ2v) is 7.48. The van der Waals surface area contributed by atoms with Crippen molar-refractivity contribution in [2.75, 3.05) is 37.8 Å². The first-order chi connectivity index (χ1) is 15.3. The average molecular weight is 438 g/mol. The number of pyridine rings is 1. The maximum absolute atomic E-state index is 6.04. The molecule has 1 aliphatic rings. The lowest BCUT2D eigenvalue weighted by Crippen LogP contribution is -2.37. The Balaban J connectivity index is 1.46. The quantitative estimate of drug-likeness (QED) is 0.501. The summed E-state index contributed by atoms with van der Waals surface area (Å²) >= 11 is 6.04. The zero-order valence-electron chi connectivity index (χ0n) is 17.2. The highest BCUT2D eigenvalue weighted by Gasteiger charge is 2.15. The largest absolute Gasteiger partial charge is 0.463 e. The van der Waals surface area contributed by atoms with E-state index in [0.29, 0.717) is 43.8 Å². The smallest absolute Gasteiger partial charge is 0.318 e. The van der Waals surface area contributed by atoms with Crippen LogP contribution in [0.1, 0.15) is 17.0 Å². The minimum Gasteiger partial charge on any atom is -0.463 e. The Kier molecular flexibility index (Phi) is 7.41. The molecule has 0 atom stereocenters. The normalized spacial score (nSPS) is 14.2. The van der Waals surface area contributed by atoms with Gasteiger partial charge in [-0.25, -0.2) is 0 Å². The zero-order valence-corrected chi connectivity index (χ0v) is 17.9. The van der Waals surface area contributed by atoms with Crippen molar-refractivity contribution in [1.82, 2.24) is 15.0 Å². The van der Waals surface area contributed by atoms with Gasteiger partial charge in [-0.15, -0.1) is 0 Å². The lowest BCUT2D eigenvalue weighted by Gasteiger charge is -2.28. The first-order valence-electron chi connectivity index (χ1n) is 10.2. The molecule has 0 radical (unpaired) electrons. The summed E-state index contributed by atoms with van der Waals surface area (Å²) in [5, 5.41) is 0.684. The fourth-order valence-corrected chi connectivity index (χ4v) is 3.38. The van der Waals surface area contributed by atoms with E-state index >= 15 is 0 Å². The molecule has 0 aliphatic carbocycles. The number of morpholine rings is 1. The van der Waals surface area contributed by atoms with Gasteiger partial charge in [-0.05, 0) is 29.8 Å². The summed E-state index contributed by atoms with van der Waals surface area (Å²) in [5.74, 6) is 0.832. The van der Waals surface area contributed by atoms with Crippen molar-refractivity contribution in [3.8, 4) is 6.01 Å². The van der Waals surface area contributed by atoms with Crippen molar-refractivity contribution in [2.45, 2.75) is 13.0 Å². The third kappa shape index (κ3) is 6.47. The van der Waals surface area contributed by atoms with Crippen LogP contribution in [0.4, 0.5) is 5.82 Å². The number of ether oxygens (including phenoxy) is 2. The molecule has 1 aromatic carbocycles. The van der Waals surface area contributed by atoms with Crippen molar-refractivity contribution >= 4 is 23.6 Å². The van der Waals surface area contributed by atoms with Gasteiger partial charge >= 0.3 is 6.01 Å². The van der Waals surface area contributed by atoms with E-state index < -0.39 is 0 Å². The summed E-state index contributed by atoms with van der Waals surface area (Å²) in [6, 6.07) is 15.7. The molecule has 1 saturated heterocycles. The van der Waals surface area contributed by atoms with Gasteiger partial charge in [-0.2, -0.15) is 9.97 Å². The molecular formula is C23H24ClN5O2. The van der Waals surface area contributed by atoms with Crippen LogP contribution >= 0.6 is 11.6 Å². The minimum absolute atomic E-state index is 0.355. The van der Waals surface area contributed by atoms with Crippen LogP contribution in [0.25, 0.3) is 0 Å². The second kappa shape index (κ2) is 10.8. The molecule has 0 bridgehead atoms. The van der Waals surface area contributed by atoms with Crippen molar-refractivity contribution in [2.24, 2.45) is 4.99 Å². The summed E-state index contributed by atoms with van der Waals surface area (Å²) < 4.78 is 11.3. The van der Waals surface area contributed by atoms with Crippen LogP contribution in [0.5, 0.6) is 6.01 Å². The molecule has 2 aromatic heterocycles. The average Bonchev–Trinajstić information content (AvgIpc) is 2.80. The topological polar surface area (TPSA) is 72.7 Å². The summed E-state index contributed by atoms with van der Waals surface area (Å²) in [6.07, 6.45) is 4.26. The van der Waals surface area contributed by atoms with Crippen molar-refractivity contribution in [3.05, 3.63) is 76.7 Å². The van der Waals surface area contributed by atoms with Crippen LogP contribution < -0.4 is 9.64 Å². The lowest BCUT2D eigenvalue weighted by atomic mass is 10.2. The number of hydrogen-bond donors (Lipinski definition) is 0. The third-order valence-corrected chi connectivity index (χ3v) is 4.97. The molecule has 1 aliphatic heterocycles. The van der Waals surface area contributed by atoms with Gasteiger partial charge < -0.3 is 14.4 Å². The van der Waals surface area contributed by atoms with Crippen LogP contribution in [0.2, 0.25) is 5.02 Å². The van der Waals surface area contributed by atoms with Gasteiger partial charge in [0.25, 0.3) is 0 Å². The van der Waals surface area contributed by atoms with Gasteiger partial charge in [0, 0.05) is 48.7 Å². The first-order valence-corrected chi connectivity index (χ1v) is 10.6. The molecule has 4 rings (SSSR count). The number of halogens is 1. The fraction of sp³-hybridized carbons (Fsp3) is 0.304. The van der Waals surface area contributed by atoms with Gasteiger partial charge in [-0.3, -0.25) is 9.98 Å². The van der Waals surface area contributed by atoms with Crippen LogP contribution in [0.3, 0.4) is 0 Å². The number of benzene rings is 1. The van der Waals surface area contributed by atoms with Gasteiger partial charge in [0.05, 0.1) is 32.1 Å². The zero-order chi connectivity index (χ0) is 21.3. The molecule has 31 heavy (non-hydrogen) atoms. The Morgan fingerprint density at radius 2 is 1.97 bits per heavy atom. The van der Waals surface area contributed by atoms with Crippen molar-refractivity contribution < 1.29 is 9.47 Å². The molecule has 8 heteroatoms. The van der Waals surface area contributed by atoms with Gasteiger partial charge in [0.15, 0.2) is 0 Å². The number of rotatable bonds is 8. The number of nitrogens with zero attached hydrogens (tertiary/aromatic N) is 5. The standard InChI is InChI=1S/C23H24ClN5O2/c24-19-5-3-4-18(14-19)16-25-17-21-15-22(29-9-12-30-13-10-29)28-23(27-21)31-11-7-20-6-1-2-8-26-20/h1-6,8,14-16H,7,9-13,17H2. The van der Waals surface area contributed by atoms with E-state index in [1.807, 2.05) is 48.5 Å². The van der Waals surface area contributed by atoms with E-state index in [2.05, 4.69) is 24.8 Å². The van der Waals surface area contributed by atoms with Crippen LogP contribution in [0, 0.1) is 0 Å². The highest BCUT2D eigenvalue weighted by molar-refractivity contribution is 6.30. The monoisotopic (exact) mass is 437 g/mol. The Labute approximate surface area is 186 Å². The highest BCUT2D eigenvalue weighted by Crippen LogP contribution is 2.19. The summed E-state index contributed by atoms with van der Waals surface area (Å²) in [7, 11) is 0. The summed E-state index contributed by atoms with van der Waals surface area (Å²) in [4.78, 5) is 20.2. The van der Waals surface area contributed by atoms with E-state index in [9.17, 15) is 0 Å². The Morgan fingerprint density at radius 1 is 1.06 bits per heavy atom. The van der Waals surface area contributed by atoms with Crippen LogP contribution in [-0.4, -0.2) is 54.1 Å². The molecule has 0 N–H and O–H groups in total. The predicted molar refractivity (Wildman–Crippen MR) is 121 cm³/mol. The fourth-order valence-electron chi connectivity index (χ4n) is 3.18. The maximum atomic E-state index is 6.04. The van der Waals surface area contributed by atoms with Gasteiger partial charge in [0.2, 0.25) is 0 Å². The summed E-state index contributed by atoms with van der Waals surface area (Å²) in [5.41, 5.74) is 2.71. The SMILES string of the molecule is Clc1cccc(C=NCc2cc(N3CCOCC3)nc(OCCc3ccccn3)n2)c1. The molecular weight excluding hydrogens is 414 g/mol. The number of hydrogen-bond acceptors (Lipinski definition) is 7. The molecule has 7 nitrogen and oxygen atoms in total. The maximum Gasteiger partial charge on any atom is 0.318 e. The number of aliphatic imine (C=N–C) groups is 1. The van der Waals surface area contributed by atoms with E-state index in [1.54, 1.807) is 12.4 Å². The number of anilines is 1. The highest BCUT2D eigenvalue weighted by atomic mass is 35.5. The Bertz CT molecular complexity index is 1010. The predicted octanol–water partition coefficient (Wildman–Crippen LogP) is 3.60. The Hall–Kier alpha value is -3.03.